The molecule has 2 aromatic rings. The third kappa shape index (κ3) is 6.67. The van der Waals surface area contributed by atoms with Gasteiger partial charge in [0.1, 0.15) is 0 Å². The van der Waals surface area contributed by atoms with E-state index in [2.05, 4.69) is 10.3 Å². The SMILES string of the molecule is O=C(c1ccc2c(c1)CNCCCCCCCN2C(=O)c1ccncc1)N1CCC(CCO)CC1. The Labute approximate surface area is 208 Å². The molecule has 0 bridgehead atoms. The minimum Gasteiger partial charge on any atom is -0.396 e. The van der Waals surface area contributed by atoms with Gasteiger partial charge in [0.25, 0.3) is 11.8 Å². The fraction of sp³-hybridized carbons (Fsp3) is 0.536. The molecule has 4 rings (SSSR count). The second-order valence-corrected chi connectivity index (χ2v) is 9.73. The van der Waals surface area contributed by atoms with Gasteiger partial charge in [-0.3, -0.25) is 14.6 Å². The summed E-state index contributed by atoms with van der Waals surface area (Å²) in [6, 6.07) is 9.32. The lowest BCUT2D eigenvalue weighted by Crippen LogP contribution is -2.39. The molecule has 7 heteroatoms. The summed E-state index contributed by atoms with van der Waals surface area (Å²) in [6.07, 6.45) is 11.5. The Bertz CT molecular complexity index is 973. The molecule has 3 heterocycles. The van der Waals surface area contributed by atoms with Crippen LogP contribution in [0.1, 0.15) is 77.6 Å². The van der Waals surface area contributed by atoms with Crippen molar-refractivity contribution in [2.75, 3.05) is 37.7 Å². The standard InChI is InChI=1S/C28H38N4O3/c33-19-12-22-10-17-31(18-11-22)27(34)24-6-7-26-25(20-24)21-30-13-4-2-1-3-5-16-32(26)28(35)23-8-14-29-15-9-23/h6-9,14-15,20,22,30,33H,1-5,10-13,16-19,21H2. The molecule has 1 aromatic heterocycles. The van der Waals surface area contributed by atoms with Gasteiger partial charge in [-0.25, -0.2) is 0 Å². The zero-order valence-corrected chi connectivity index (χ0v) is 20.6. The van der Waals surface area contributed by atoms with Crippen molar-refractivity contribution in [2.45, 2.75) is 57.9 Å². The van der Waals surface area contributed by atoms with E-state index in [0.29, 0.717) is 30.1 Å². The second-order valence-electron chi connectivity index (χ2n) is 9.73. The summed E-state index contributed by atoms with van der Waals surface area (Å²) < 4.78 is 0. The molecule has 7 nitrogen and oxygen atoms in total. The number of hydrogen-bond donors (Lipinski definition) is 2. The van der Waals surface area contributed by atoms with Gasteiger partial charge in [0.2, 0.25) is 0 Å². The van der Waals surface area contributed by atoms with Gasteiger partial charge in [-0.15, -0.1) is 0 Å². The van der Waals surface area contributed by atoms with Crippen LogP contribution >= 0.6 is 0 Å². The van der Waals surface area contributed by atoms with E-state index in [9.17, 15) is 14.7 Å². The molecular weight excluding hydrogens is 440 g/mol. The number of nitrogens with one attached hydrogen (secondary N) is 1. The molecule has 2 aliphatic heterocycles. The first-order valence-corrected chi connectivity index (χ1v) is 13.1. The Morgan fingerprint density at radius 1 is 0.914 bits per heavy atom. The van der Waals surface area contributed by atoms with Crippen LogP contribution in [0.3, 0.4) is 0 Å². The minimum atomic E-state index is -0.0317. The Morgan fingerprint density at radius 3 is 2.43 bits per heavy atom. The molecule has 1 saturated heterocycles. The lowest BCUT2D eigenvalue weighted by atomic mass is 9.93. The maximum atomic E-state index is 13.5. The van der Waals surface area contributed by atoms with Gasteiger partial charge in [0.15, 0.2) is 0 Å². The number of carbonyl (C=O) groups excluding carboxylic acids is 2. The van der Waals surface area contributed by atoms with Crippen molar-refractivity contribution in [3.8, 4) is 0 Å². The maximum Gasteiger partial charge on any atom is 0.258 e. The van der Waals surface area contributed by atoms with E-state index < -0.39 is 0 Å². The summed E-state index contributed by atoms with van der Waals surface area (Å²) in [6.45, 7) is 3.87. The number of anilines is 1. The number of fused-ring (bicyclic) bond motifs is 1. The maximum absolute atomic E-state index is 13.5. The predicted molar refractivity (Wildman–Crippen MR) is 137 cm³/mol. The molecule has 0 aliphatic carbocycles. The first kappa shape index (κ1) is 25.3. The van der Waals surface area contributed by atoms with Gasteiger partial charge in [0.05, 0.1) is 0 Å². The van der Waals surface area contributed by atoms with Crippen molar-refractivity contribution in [3.05, 3.63) is 59.4 Å². The quantitative estimate of drug-likeness (QED) is 0.693. The van der Waals surface area contributed by atoms with Crippen molar-refractivity contribution in [1.29, 1.82) is 0 Å². The highest BCUT2D eigenvalue weighted by Crippen LogP contribution is 2.27. The highest BCUT2D eigenvalue weighted by molar-refractivity contribution is 6.06. The average molecular weight is 479 g/mol. The van der Waals surface area contributed by atoms with Gasteiger partial charge in [-0.05, 0) is 80.5 Å². The van der Waals surface area contributed by atoms with Crippen molar-refractivity contribution >= 4 is 17.5 Å². The van der Waals surface area contributed by atoms with Crippen LogP contribution in [0.2, 0.25) is 0 Å². The minimum absolute atomic E-state index is 0.0317. The van der Waals surface area contributed by atoms with E-state index in [0.717, 1.165) is 69.4 Å². The molecular formula is C28H38N4O3. The van der Waals surface area contributed by atoms with E-state index in [1.54, 1.807) is 24.5 Å². The van der Waals surface area contributed by atoms with E-state index >= 15 is 0 Å². The van der Waals surface area contributed by atoms with Crippen LogP contribution in [0.5, 0.6) is 0 Å². The van der Waals surface area contributed by atoms with Crippen molar-refractivity contribution in [1.82, 2.24) is 15.2 Å². The number of carbonyl (C=O) groups is 2. The lowest BCUT2D eigenvalue weighted by molar-refractivity contribution is 0.0678. The Kier molecular flexibility index (Phi) is 9.26. The molecule has 35 heavy (non-hydrogen) atoms. The third-order valence-electron chi connectivity index (χ3n) is 7.28. The summed E-state index contributed by atoms with van der Waals surface area (Å²) in [5.41, 5.74) is 3.15. The van der Waals surface area contributed by atoms with E-state index in [4.69, 9.17) is 0 Å². The number of nitrogens with zero attached hydrogens (tertiary/aromatic N) is 3. The van der Waals surface area contributed by atoms with Crippen LogP contribution in [-0.4, -0.2) is 59.6 Å². The Balaban J connectivity index is 1.59. The third-order valence-corrected chi connectivity index (χ3v) is 7.28. The molecule has 0 radical (unpaired) electrons. The highest BCUT2D eigenvalue weighted by Gasteiger charge is 2.25. The van der Waals surface area contributed by atoms with Gasteiger partial charge >= 0.3 is 0 Å². The number of aliphatic hydroxyl groups excluding tert-OH is 1. The monoisotopic (exact) mass is 478 g/mol. The van der Waals surface area contributed by atoms with Gasteiger partial charge < -0.3 is 20.2 Å². The first-order chi connectivity index (χ1) is 17.2. The van der Waals surface area contributed by atoms with Crippen molar-refractivity contribution < 1.29 is 14.7 Å². The number of pyridine rings is 1. The van der Waals surface area contributed by atoms with Crippen LogP contribution < -0.4 is 10.2 Å². The van der Waals surface area contributed by atoms with Crippen LogP contribution in [0.15, 0.2) is 42.7 Å². The van der Waals surface area contributed by atoms with Gasteiger partial charge in [0, 0.05) is 62.0 Å². The summed E-state index contributed by atoms with van der Waals surface area (Å²) in [5.74, 6) is 0.515. The Hall–Kier alpha value is -2.77. The molecule has 0 spiro atoms. The number of benzene rings is 1. The molecule has 0 unspecified atom stereocenters. The molecule has 1 fully saturated rings. The fourth-order valence-corrected chi connectivity index (χ4v) is 5.17. The van der Waals surface area contributed by atoms with Crippen molar-refractivity contribution in [2.24, 2.45) is 5.92 Å². The molecule has 188 valence electrons. The number of likely N-dealkylation sites (tertiary alicyclic amines) is 1. The first-order valence-electron chi connectivity index (χ1n) is 13.1. The predicted octanol–water partition coefficient (Wildman–Crippen LogP) is 4.02. The highest BCUT2D eigenvalue weighted by atomic mass is 16.3. The largest absolute Gasteiger partial charge is 0.396 e. The normalized spacial score (nSPS) is 18.3. The number of piperidine rings is 1. The zero-order valence-electron chi connectivity index (χ0n) is 20.6. The number of amides is 2. The topological polar surface area (TPSA) is 85.8 Å². The zero-order chi connectivity index (χ0) is 24.5. The number of hydrogen-bond acceptors (Lipinski definition) is 5. The molecule has 1 aromatic carbocycles. The van der Waals surface area contributed by atoms with Gasteiger partial charge in [-0.2, -0.15) is 0 Å². The van der Waals surface area contributed by atoms with Gasteiger partial charge in [-0.1, -0.05) is 19.3 Å². The van der Waals surface area contributed by atoms with Crippen LogP contribution in [0.25, 0.3) is 0 Å². The lowest BCUT2D eigenvalue weighted by Gasteiger charge is -2.32. The van der Waals surface area contributed by atoms with E-state index in [1.165, 1.54) is 12.8 Å². The molecule has 2 aliphatic rings. The number of aliphatic hydroxyl groups is 1. The molecule has 2 amide bonds. The second kappa shape index (κ2) is 12.8. The molecule has 0 saturated carbocycles. The van der Waals surface area contributed by atoms with Crippen molar-refractivity contribution in [3.63, 3.8) is 0 Å². The smallest absolute Gasteiger partial charge is 0.258 e. The molecule has 0 atom stereocenters. The Morgan fingerprint density at radius 2 is 1.66 bits per heavy atom. The van der Waals surface area contributed by atoms with Crippen LogP contribution in [0.4, 0.5) is 5.69 Å². The number of aromatic nitrogens is 1. The summed E-state index contributed by atoms with van der Waals surface area (Å²) in [7, 11) is 0. The summed E-state index contributed by atoms with van der Waals surface area (Å²) in [4.78, 5) is 34.7. The summed E-state index contributed by atoms with van der Waals surface area (Å²) >= 11 is 0. The van der Waals surface area contributed by atoms with E-state index in [-0.39, 0.29) is 18.4 Å². The average Bonchev–Trinajstić information content (AvgIpc) is 2.89. The van der Waals surface area contributed by atoms with Crippen LogP contribution in [-0.2, 0) is 6.54 Å². The van der Waals surface area contributed by atoms with E-state index in [1.807, 2.05) is 28.0 Å². The fourth-order valence-electron chi connectivity index (χ4n) is 5.17. The molecule has 2 N–H and O–H groups in total. The summed E-state index contributed by atoms with van der Waals surface area (Å²) in [5, 5.41) is 12.7. The number of rotatable bonds is 4. The van der Waals surface area contributed by atoms with Crippen LogP contribution in [0, 0.1) is 5.92 Å².